The van der Waals surface area contributed by atoms with Gasteiger partial charge in [0.25, 0.3) is 0 Å². The van der Waals surface area contributed by atoms with E-state index in [1.54, 1.807) is 11.1 Å². The number of ether oxygens (including phenoxy) is 2. The molecule has 2 aliphatic rings. The van der Waals surface area contributed by atoms with Crippen molar-refractivity contribution < 1.29 is 24.2 Å². The molecule has 1 aromatic rings. The summed E-state index contributed by atoms with van der Waals surface area (Å²) in [5.41, 5.74) is -0.450. The number of piperidine rings is 1. The molecule has 0 aromatic carbocycles. The van der Waals surface area contributed by atoms with E-state index in [1.165, 1.54) is 0 Å². The molecule has 1 aromatic heterocycles. The van der Waals surface area contributed by atoms with Gasteiger partial charge in [-0.05, 0) is 55.6 Å². The lowest BCUT2D eigenvalue weighted by molar-refractivity contribution is -0.193. The number of aromatic nitrogens is 1. The molecule has 1 N–H and O–H groups in total. The van der Waals surface area contributed by atoms with Gasteiger partial charge in [0.05, 0.1) is 0 Å². The number of carboxylic acids is 1. The predicted molar refractivity (Wildman–Crippen MR) is 106 cm³/mol. The number of halogens is 1. The summed E-state index contributed by atoms with van der Waals surface area (Å²) >= 11 is 3.35. The van der Waals surface area contributed by atoms with Gasteiger partial charge >= 0.3 is 12.1 Å². The lowest BCUT2D eigenvalue weighted by atomic mass is 9.62. The molecule has 3 rings (SSSR count). The number of nitrogens with zero attached hydrogens (tertiary/aromatic N) is 2. The number of hydrogen-bond donors (Lipinski definition) is 1. The summed E-state index contributed by atoms with van der Waals surface area (Å²) in [4.78, 5) is 30.0. The summed E-state index contributed by atoms with van der Waals surface area (Å²) in [6, 6.07) is 3.78. The van der Waals surface area contributed by atoms with E-state index in [-0.39, 0.29) is 24.5 Å². The van der Waals surface area contributed by atoms with Gasteiger partial charge in [-0.15, -0.1) is 0 Å². The second-order valence-electron chi connectivity index (χ2n) is 8.56. The first-order valence-corrected chi connectivity index (χ1v) is 10.4. The zero-order valence-electron chi connectivity index (χ0n) is 16.5. The van der Waals surface area contributed by atoms with Crippen LogP contribution in [0.3, 0.4) is 0 Å². The Hall–Kier alpha value is -1.67. The molecule has 7 nitrogen and oxygen atoms in total. The van der Waals surface area contributed by atoms with Gasteiger partial charge in [0.15, 0.2) is 0 Å². The molecule has 1 aliphatic heterocycles. The third-order valence-electron chi connectivity index (χ3n) is 5.46. The van der Waals surface area contributed by atoms with Gasteiger partial charge in [-0.3, -0.25) is 0 Å². The fourth-order valence-electron chi connectivity index (χ4n) is 4.49. The molecule has 2 bridgehead atoms. The Morgan fingerprint density at radius 3 is 2.43 bits per heavy atom. The Kier molecular flexibility index (Phi) is 6.00. The molecule has 0 radical (unpaired) electrons. The van der Waals surface area contributed by atoms with Crippen molar-refractivity contribution >= 4 is 28.0 Å². The summed E-state index contributed by atoms with van der Waals surface area (Å²) < 4.78 is 12.4. The van der Waals surface area contributed by atoms with Crippen LogP contribution >= 0.6 is 15.9 Å². The monoisotopic (exact) mass is 454 g/mol. The maximum atomic E-state index is 12.7. The Morgan fingerprint density at radius 2 is 1.93 bits per heavy atom. The molecular formula is C20H27BrN2O5. The highest BCUT2D eigenvalue weighted by molar-refractivity contribution is 9.10. The lowest BCUT2D eigenvalue weighted by Crippen LogP contribution is -2.61. The number of aliphatic carboxylic acids is 1. The van der Waals surface area contributed by atoms with Gasteiger partial charge < -0.3 is 19.5 Å². The van der Waals surface area contributed by atoms with E-state index < -0.39 is 17.2 Å². The quantitative estimate of drug-likeness (QED) is 0.695. The van der Waals surface area contributed by atoms with Crippen LogP contribution in [0, 0.1) is 11.8 Å². The zero-order chi connectivity index (χ0) is 20.5. The summed E-state index contributed by atoms with van der Waals surface area (Å²) in [6.45, 7) is 6.12. The van der Waals surface area contributed by atoms with Crippen LogP contribution in [0.2, 0.25) is 0 Å². The van der Waals surface area contributed by atoms with Crippen molar-refractivity contribution in [2.45, 2.75) is 51.2 Å². The van der Waals surface area contributed by atoms with E-state index in [0.29, 0.717) is 17.7 Å². The zero-order valence-corrected chi connectivity index (χ0v) is 18.1. The number of carbonyl (C=O) groups excluding carboxylic acids is 1. The first-order chi connectivity index (χ1) is 13.1. The Morgan fingerprint density at radius 1 is 1.29 bits per heavy atom. The molecule has 8 heteroatoms. The van der Waals surface area contributed by atoms with Crippen LogP contribution in [0.5, 0.6) is 0 Å². The van der Waals surface area contributed by atoms with E-state index in [1.807, 2.05) is 32.9 Å². The van der Waals surface area contributed by atoms with Crippen molar-refractivity contribution in [1.82, 2.24) is 9.88 Å². The number of amides is 1. The molecule has 1 saturated carbocycles. The molecule has 154 valence electrons. The van der Waals surface area contributed by atoms with E-state index >= 15 is 0 Å². The van der Waals surface area contributed by atoms with E-state index in [2.05, 4.69) is 20.9 Å². The van der Waals surface area contributed by atoms with Crippen molar-refractivity contribution in [1.29, 1.82) is 0 Å². The minimum Gasteiger partial charge on any atom is -0.480 e. The standard InChI is InChI=1S/C20H27BrN2O5/c1-19(2,3)28-18(26)23-10-14-5-4-6-15(11-23)20(14,27-12-17(24)25)13-7-8-16(21)22-9-13/h7-9,14-15H,4-6,10-12H2,1-3H3,(H,24,25). The largest absolute Gasteiger partial charge is 0.480 e. The molecular weight excluding hydrogens is 428 g/mol. The number of carboxylic acid groups (broad SMARTS) is 1. The first kappa shape index (κ1) is 21.0. The van der Waals surface area contributed by atoms with E-state index in [4.69, 9.17) is 9.47 Å². The second-order valence-corrected chi connectivity index (χ2v) is 9.37. The van der Waals surface area contributed by atoms with Crippen LogP contribution in [0.25, 0.3) is 0 Å². The highest BCUT2D eigenvalue weighted by Gasteiger charge is 2.55. The maximum Gasteiger partial charge on any atom is 0.410 e. The van der Waals surface area contributed by atoms with Crippen LogP contribution < -0.4 is 0 Å². The number of fused-ring (bicyclic) bond motifs is 2. The SMILES string of the molecule is CC(C)(C)OC(=O)N1CC2CCCC(C1)C2(OCC(=O)O)c1ccc(Br)nc1. The molecule has 2 unspecified atom stereocenters. The van der Waals surface area contributed by atoms with Crippen molar-refractivity contribution in [3.8, 4) is 0 Å². The van der Waals surface area contributed by atoms with Gasteiger partial charge in [0, 0.05) is 36.7 Å². The molecule has 1 aliphatic carbocycles. The fraction of sp³-hybridized carbons (Fsp3) is 0.650. The molecule has 2 atom stereocenters. The molecule has 2 heterocycles. The summed E-state index contributed by atoms with van der Waals surface area (Å²) in [5.74, 6) is -1.04. The van der Waals surface area contributed by atoms with E-state index in [9.17, 15) is 14.7 Å². The van der Waals surface area contributed by atoms with E-state index in [0.717, 1.165) is 24.8 Å². The maximum absolute atomic E-state index is 12.7. The summed E-state index contributed by atoms with van der Waals surface area (Å²) in [7, 11) is 0. The van der Waals surface area contributed by atoms with Crippen LogP contribution in [0.15, 0.2) is 22.9 Å². The average molecular weight is 455 g/mol. The van der Waals surface area contributed by atoms with Crippen LogP contribution in [0.4, 0.5) is 4.79 Å². The molecule has 28 heavy (non-hydrogen) atoms. The second kappa shape index (κ2) is 7.99. The van der Waals surface area contributed by atoms with Crippen LogP contribution in [-0.2, 0) is 19.9 Å². The van der Waals surface area contributed by atoms with Crippen molar-refractivity contribution in [2.75, 3.05) is 19.7 Å². The smallest absolute Gasteiger partial charge is 0.410 e. The minimum atomic E-state index is -1.00. The molecule has 2 fully saturated rings. The number of carbonyl (C=O) groups is 2. The number of rotatable bonds is 4. The molecule has 1 amide bonds. The summed E-state index contributed by atoms with van der Waals surface area (Å²) in [5, 5.41) is 9.25. The van der Waals surface area contributed by atoms with Crippen LogP contribution in [-0.4, -0.2) is 52.4 Å². The first-order valence-electron chi connectivity index (χ1n) is 9.57. The molecule has 0 spiro atoms. The normalized spacial score (nSPS) is 27.4. The van der Waals surface area contributed by atoms with Crippen LogP contribution in [0.1, 0.15) is 45.6 Å². The van der Waals surface area contributed by atoms with Crippen molar-refractivity contribution in [3.05, 3.63) is 28.5 Å². The third-order valence-corrected chi connectivity index (χ3v) is 5.93. The number of likely N-dealkylation sites (tertiary alicyclic amines) is 1. The Labute approximate surface area is 173 Å². The Balaban J connectivity index is 1.93. The number of hydrogen-bond acceptors (Lipinski definition) is 5. The van der Waals surface area contributed by atoms with Crippen molar-refractivity contribution in [3.63, 3.8) is 0 Å². The van der Waals surface area contributed by atoms with Gasteiger partial charge in [-0.2, -0.15) is 0 Å². The fourth-order valence-corrected chi connectivity index (χ4v) is 4.72. The summed E-state index contributed by atoms with van der Waals surface area (Å²) in [6.07, 6.45) is 4.15. The Bertz CT molecular complexity index is 717. The average Bonchev–Trinajstić information content (AvgIpc) is 2.58. The van der Waals surface area contributed by atoms with Gasteiger partial charge in [0.1, 0.15) is 22.4 Å². The van der Waals surface area contributed by atoms with Gasteiger partial charge in [0.2, 0.25) is 0 Å². The highest BCUT2D eigenvalue weighted by atomic mass is 79.9. The third kappa shape index (κ3) is 4.33. The van der Waals surface area contributed by atoms with Gasteiger partial charge in [-0.1, -0.05) is 12.5 Å². The number of pyridine rings is 1. The molecule has 1 saturated heterocycles. The lowest BCUT2D eigenvalue weighted by Gasteiger charge is -2.55. The van der Waals surface area contributed by atoms with Crippen molar-refractivity contribution in [2.24, 2.45) is 11.8 Å². The highest BCUT2D eigenvalue weighted by Crippen LogP contribution is 2.52. The van der Waals surface area contributed by atoms with Gasteiger partial charge in [-0.25, -0.2) is 14.6 Å². The minimum absolute atomic E-state index is 0.0187. The predicted octanol–water partition coefficient (Wildman–Crippen LogP) is 3.81. The topological polar surface area (TPSA) is 89.0 Å².